The van der Waals surface area contributed by atoms with Gasteiger partial charge in [0.15, 0.2) is 5.82 Å². The summed E-state index contributed by atoms with van der Waals surface area (Å²) < 4.78 is 7.54. The second-order valence-corrected chi connectivity index (χ2v) is 3.54. The van der Waals surface area contributed by atoms with Crippen molar-refractivity contribution in [1.82, 2.24) is 14.8 Å². The van der Waals surface area contributed by atoms with Gasteiger partial charge >= 0.3 is 0 Å². The number of fused-ring (bicyclic) bond motifs is 1. The molecule has 0 radical (unpaired) electrons. The summed E-state index contributed by atoms with van der Waals surface area (Å²) in [4.78, 5) is 0. The zero-order valence-corrected chi connectivity index (χ0v) is 8.77. The van der Waals surface area contributed by atoms with Crippen molar-refractivity contribution >= 4 is 6.08 Å². The van der Waals surface area contributed by atoms with Gasteiger partial charge in [-0.1, -0.05) is 19.9 Å². The molecule has 0 spiro atoms. The Morgan fingerprint density at radius 1 is 1.50 bits per heavy atom. The lowest BCUT2D eigenvalue weighted by Crippen LogP contribution is -2.23. The predicted molar refractivity (Wildman–Crippen MR) is 53.6 cm³/mol. The van der Waals surface area contributed by atoms with Crippen LogP contribution in [-0.2, 0) is 11.2 Å². The SMILES string of the molecule is CCc1nnc2n1C(OC)C(C)C=C2. The van der Waals surface area contributed by atoms with Gasteiger partial charge in [0, 0.05) is 19.4 Å². The maximum atomic E-state index is 5.46. The van der Waals surface area contributed by atoms with E-state index in [0.717, 1.165) is 18.1 Å². The van der Waals surface area contributed by atoms with Gasteiger partial charge in [-0.3, -0.25) is 4.57 Å². The summed E-state index contributed by atoms with van der Waals surface area (Å²) in [5.74, 6) is 2.25. The number of hydrogen-bond donors (Lipinski definition) is 0. The fraction of sp³-hybridized carbons (Fsp3) is 0.600. The van der Waals surface area contributed by atoms with E-state index in [-0.39, 0.29) is 6.23 Å². The van der Waals surface area contributed by atoms with Crippen molar-refractivity contribution in [3.63, 3.8) is 0 Å². The highest BCUT2D eigenvalue weighted by molar-refractivity contribution is 5.43. The summed E-state index contributed by atoms with van der Waals surface area (Å²) >= 11 is 0. The molecule has 4 nitrogen and oxygen atoms in total. The number of nitrogens with zero attached hydrogens (tertiary/aromatic N) is 3. The molecular weight excluding hydrogens is 178 g/mol. The summed E-state index contributed by atoms with van der Waals surface area (Å²) in [5.41, 5.74) is 0. The topological polar surface area (TPSA) is 39.9 Å². The monoisotopic (exact) mass is 193 g/mol. The van der Waals surface area contributed by atoms with Crippen LogP contribution in [0.15, 0.2) is 6.08 Å². The van der Waals surface area contributed by atoms with E-state index in [1.165, 1.54) is 0 Å². The van der Waals surface area contributed by atoms with E-state index >= 15 is 0 Å². The molecule has 0 bridgehead atoms. The molecule has 1 aromatic heterocycles. The van der Waals surface area contributed by atoms with Crippen LogP contribution in [0.1, 0.15) is 31.7 Å². The summed E-state index contributed by atoms with van der Waals surface area (Å²) in [6, 6.07) is 0. The van der Waals surface area contributed by atoms with E-state index < -0.39 is 0 Å². The van der Waals surface area contributed by atoms with Crippen LogP contribution in [0.25, 0.3) is 6.08 Å². The summed E-state index contributed by atoms with van der Waals surface area (Å²) in [5, 5.41) is 8.24. The van der Waals surface area contributed by atoms with E-state index in [0.29, 0.717) is 5.92 Å². The zero-order valence-electron chi connectivity index (χ0n) is 8.77. The fourth-order valence-electron chi connectivity index (χ4n) is 1.86. The van der Waals surface area contributed by atoms with Crippen molar-refractivity contribution in [2.45, 2.75) is 26.5 Å². The number of methoxy groups -OCH3 is 1. The molecule has 0 aromatic carbocycles. The van der Waals surface area contributed by atoms with Crippen molar-refractivity contribution in [3.05, 3.63) is 17.7 Å². The second-order valence-electron chi connectivity index (χ2n) is 3.54. The number of rotatable bonds is 2. The van der Waals surface area contributed by atoms with Crippen molar-refractivity contribution in [2.24, 2.45) is 5.92 Å². The first kappa shape index (κ1) is 9.40. The first-order chi connectivity index (χ1) is 6.77. The Morgan fingerprint density at radius 3 is 2.93 bits per heavy atom. The third-order valence-electron chi connectivity index (χ3n) is 2.60. The third-order valence-corrected chi connectivity index (χ3v) is 2.60. The molecule has 2 heterocycles. The van der Waals surface area contributed by atoms with Crippen LogP contribution in [-0.4, -0.2) is 21.9 Å². The molecule has 14 heavy (non-hydrogen) atoms. The second kappa shape index (κ2) is 3.53. The highest BCUT2D eigenvalue weighted by Gasteiger charge is 2.25. The molecule has 0 N–H and O–H groups in total. The molecule has 1 aromatic rings. The van der Waals surface area contributed by atoms with Crippen molar-refractivity contribution in [3.8, 4) is 0 Å². The standard InChI is InChI=1S/C10H15N3O/c1-4-8-11-12-9-6-5-7(2)10(14-3)13(8)9/h5-7,10H,4H2,1-3H3. The molecule has 2 rings (SSSR count). The minimum atomic E-state index is 0.0416. The predicted octanol–water partition coefficient (Wildman–Crippen LogP) is 1.65. The Morgan fingerprint density at radius 2 is 2.29 bits per heavy atom. The number of aromatic nitrogens is 3. The molecule has 2 unspecified atom stereocenters. The molecule has 1 aliphatic heterocycles. The Balaban J connectivity index is 2.48. The van der Waals surface area contributed by atoms with Crippen LogP contribution in [0.2, 0.25) is 0 Å². The molecule has 0 amide bonds. The Labute approximate surface area is 83.6 Å². The smallest absolute Gasteiger partial charge is 0.158 e. The van der Waals surface area contributed by atoms with Crippen molar-refractivity contribution < 1.29 is 4.74 Å². The number of aryl methyl sites for hydroxylation is 1. The van der Waals surface area contributed by atoms with Crippen LogP contribution in [0, 0.1) is 5.92 Å². The lowest BCUT2D eigenvalue weighted by Gasteiger charge is -2.26. The average molecular weight is 193 g/mol. The quantitative estimate of drug-likeness (QED) is 0.717. The molecule has 0 aliphatic carbocycles. The van der Waals surface area contributed by atoms with Gasteiger partial charge in [0.1, 0.15) is 12.1 Å². The lowest BCUT2D eigenvalue weighted by molar-refractivity contribution is 0.0108. The van der Waals surface area contributed by atoms with E-state index in [1.807, 2.05) is 6.08 Å². The van der Waals surface area contributed by atoms with Crippen LogP contribution < -0.4 is 0 Å². The molecule has 0 fully saturated rings. The van der Waals surface area contributed by atoms with E-state index in [1.54, 1.807) is 7.11 Å². The minimum Gasteiger partial charge on any atom is -0.361 e. The summed E-state index contributed by atoms with van der Waals surface area (Å²) in [7, 11) is 1.73. The first-order valence-electron chi connectivity index (χ1n) is 4.92. The zero-order chi connectivity index (χ0) is 10.1. The Kier molecular flexibility index (Phi) is 2.37. The highest BCUT2D eigenvalue weighted by atomic mass is 16.5. The summed E-state index contributed by atoms with van der Waals surface area (Å²) in [6.07, 6.45) is 5.04. The van der Waals surface area contributed by atoms with Crippen LogP contribution in [0.5, 0.6) is 0 Å². The van der Waals surface area contributed by atoms with E-state index in [4.69, 9.17) is 4.74 Å². The van der Waals surface area contributed by atoms with Crippen LogP contribution in [0.4, 0.5) is 0 Å². The van der Waals surface area contributed by atoms with Gasteiger partial charge in [-0.25, -0.2) is 0 Å². The molecule has 76 valence electrons. The average Bonchev–Trinajstić information content (AvgIpc) is 2.61. The molecule has 4 heteroatoms. The van der Waals surface area contributed by atoms with Gasteiger partial charge in [0.2, 0.25) is 0 Å². The Hall–Kier alpha value is -1.16. The van der Waals surface area contributed by atoms with Gasteiger partial charge in [0.25, 0.3) is 0 Å². The minimum absolute atomic E-state index is 0.0416. The van der Waals surface area contributed by atoms with Crippen LogP contribution in [0.3, 0.4) is 0 Å². The number of ether oxygens (including phenoxy) is 1. The van der Waals surface area contributed by atoms with Crippen molar-refractivity contribution in [2.75, 3.05) is 7.11 Å². The van der Waals surface area contributed by atoms with Gasteiger partial charge in [-0.2, -0.15) is 0 Å². The first-order valence-corrected chi connectivity index (χ1v) is 4.92. The largest absolute Gasteiger partial charge is 0.361 e. The molecule has 2 atom stereocenters. The van der Waals surface area contributed by atoms with Crippen molar-refractivity contribution in [1.29, 1.82) is 0 Å². The molecule has 0 saturated heterocycles. The highest BCUT2D eigenvalue weighted by Crippen LogP contribution is 2.28. The van der Waals surface area contributed by atoms with E-state index in [9.17, 15) is 0 Å². The van der Waals surface area contributed by atoms with Crippen LogP contribution >= 0.6 is 0 Å². The van der Waals surface area contributed by atoms with E-state index in [2.05, 4.69) is 34.7 Å². The maximum absolute atomic E-state index is 5.46. The van der Waals surface area contributed by atoms with Gasteiger partial charge in [-0.15, -0.1) is 10.2 Å². The van der Waals surface area contributed by atoms with Gasteiger partial charge in [0.05, 0.1) is 0 Å². The normalized spacial score (nSPS) is 25.1. The maximum Gasteiger partial charge on any atom is 0.158 e. The Bertz CT molecular complexity index is 356. The van der Waals surface area contributed by atoms with Gasteiger partial charge < -0.3 is 4.74 Å². The fourth-order valence-corrected chi connectivity index (χ4v) is 1.86. The molecule has 1 aliphatic rings. The number of hydrogen-bond acceptors (Lipinski definition) is 3. The van der Waals surface area contributed by atoms with Gasteiger partial charge in [-0.05, 0) is 6.08 Å². The third kappa shape index (κ3) is 1.26. The molecule has 0 saturated carbocycles. The lowest BCUT2D eigenvalue weighted by atomic mass is 10.1. The molecular formula is C10H15N3O. The summed E-state index contributed by atoms with van der Waals surface area (Å²) in [6.45, 7) is 4.21.